The molecule has 0 aromatic rings. The Labute approximate surface area is 80.3 Å². The van der Waals surface area contributed by atoms with Gasteiger partial charge in [0.1, 0.15) is 0 Å². The Hall–Kier alpha value is -0.530. The molecule has 0 unspecified atom stereocenters. The second kappa shape index (κ2) is 3.32. The summed E-state index contributed by atoms with van der Waals surface area (Å²) in [4.78, 5) is 14.0. The first-order valence-electron chi connectivity index (χ1n) is 5.49. The van der Waals surface area contributed by atoms with Gasteiger partial charge in [0.15, 0.2) is 0 Å². The largest absolute Gasteiger partial charge is 0.339 e. The molecule has 0 radical (unpaired) electrons. The van der Waals surface area contributed by atoms with Crippen LogP contribution in [0, 0.1) is 11.8 Å². The summed E-state index contributed by atoms with van der Waals surface area (Å²) in [5.74, 6) is 1.39. The maximum atomic E-state index is 11.8. The van der Waals surface area contributed by atoms with Gasteiger partial charge in [0, 0.05) is 18.5 Å². The smallest absolute Gasteiger partial charge is 0.225 e. The lowest BCUT2D eigenvalue weighted by Gasteiger charge is -2.24. The lowest BCUT2D eigenvalue weighted by Crippen LogP contribution is -2.37. The summed E-state index contributed by atoms with van der Waals surface area (Å²) in [5.41, 5.74) is 0. The maximum Gasteiger partial charge on any atom is 0.225 e. The van der Waals surface area contributed by atoms with Crippen LogP contribution in [0.3, 0.4) is 0 Å². The van der Waals surface area contributed by atoms with Gasteiger partial charge in [-0.05, 0) is 31.6 Å². The average molecular weight is 181 g/mol. The highest BCUT2D eigenvalue weighted by molar-refractivity contribution is 5.78. The molecule has 2 heteroatoms. The molecule has 1 amide bonds. The van der Waals surface area contributed by atoms with E-state index in [4.69, 9.17) is 0 Å². The highest BCUT2D eigenvalue weighted by atomic mass is 16.2. The molecule has 13 heavy (non-hydrogen) atoms. The Balaban J connectivity index is 1.90. The zero-order valence-electron chi connectivity index (χ0n) is 8.62. The maximum absolute atomic E-state index is 11.8. The van der Waals surface area contributed by atoms with Crippen molar-refractivity contribution in [1.29, 1.82) is 0 Å². The SMILES string of the molecule is CC(C)C(=O)N(CC1CC1)C1CC1. The van der Waals surface area contributed by atoms with E-state index in [0.717, 1.165) is 12.5 Å². The van der Waals surface area contributed by atoms with Gasteiger partial charge in [-0.25, -0.2) is 0 Å². The normalized spacial score (nSPS) is 22.1. The molecule has 0 atom stereocenters. The molecule has 0 spiro atoms. The summed E-state index contributed by atoms with van der Waals surface area (Å²) in [6.07, 6.45) is 5.17. The number of carbonyl (C=O) groups is 1. The first kappa shape index (κ1) is 9.04. The highest BCUT2D eigenvalue weighted by Gasteiger charge is 2.36. The lowest BCUT2D eigenvalue weighted by atomic mass is 10.2. The number of rotatable bonds is 4. The van der Waals surface area contributed by atoms with Crippen molar-refractivity contribution in [3.8, 4) is 0 Å². The van der Waals surface area contributed by atoms with Gasteiger partial charge in [-0.1, -0.05) is 13.8 Å². The minimum Gasteiger partial charge on any atom is -0.339 e. The molecule has 0 aromatic heterocycles. The Morgan fingerprint density at radius 2 is 1.92 bits per heavy atom. The fourth-order valence-corrected chi connectivity index (χ4v) is 1.72. The van der Waals surface area contributed by atoms with E-state index in [9.17, 15) is 4.79 Å². The van der Waals surface area contributed by atoms with Crippen molar-refractivity contribution in [2.75, 3.05) is 6.54 Å². The van der Waals surface area contributed by atoms with Crippen LogP contribution in [0.2, 0.25) is 0 Å². The third kappa shape index (κ3) is 2.23. The zero-order chi connectivity index (χ0) is 9.42. The Morgan fingerprint density at radius 3 is 2.31 bits per heavy atom. The summed E-state index contributed by atoms with van der Waals surface area (Å²) in [7, 11) is 0. The number of carbonyl (C=O) groups excluding carboxylic acids is 1. The quantitative estimate of drug-likeness (QED) is 0.650. The van der Waals surface area contributed by atoms with Crippen molar-refractivity contribution in [2.24, 2.45) is 11.8 Å². The predicted molar refractivity (Wildman–Crippen MR) is 52.3 cm³/mol. The van der Waals surface area contributed by atoms with Crippen LogP contribution in [0.1, 0.15) is 39.5 Å². The van der Waals surface area contributed by atoms with Gasteiger partial charge in [0.25, 0.3) is 0 Å². The van der Waals surface area contributed by atoms with E-state index in [1.807, 2.05) is 13.8 Å². The van der Waals surface area contributed by atoms with E-state index in [1.165, 1.54) is 25.7 Å². The van der Waals surface area contributed by atoms with Crippen molar-refractivity contribution in [3.05, 3.63) is 0 Å². The fourth-order valence-electron chi connectivity index (χ4n) is 1.72. The van der Waals surface area contributed by atoms with Crippen molar-refractivity contribution in [2.45, 2.75) is 45.6 Å². The van der Waals surface area contributed by atoms with E-state index < -0.39 is 0 Å². The third-order valence-corrected chi connectivity index (χ3v) is 2.92. The summed E-state index contributed by atoms with van der Waals surface area (Å²) in [5, 5.41) is 0. The summed E-state index contributed by atoms with van der Waals surface area (Å²) in [6, 6.07) is 0.607. The summed E-state index contributed by atoms with van der Waals surface area (Å²) < 4.78 is 0. The molecular weight excluding hydrogens is 162 g/mol. The van der Waals surface area contributed by atoms with Crippen LogP contribution in [-0.2, 0) is 4.79 Å². The van der Waals surface area contributed by atoms with E-state index in [2.05, 4.69) is 4.90 Å². The van der Waals surface area contributed by atoms with Gasteiger partial charge in [-0.2, -0.15) is 0 Å². The van der Waals surface area contributed by atoms with Crippen LogP contribution in [0.5, 0.6) is 0 Å². The first-order valence-corrected chi connectivity index (χ1v) is 5.49. The minimum absolute atomic E-state index is 0.180. The van der Waals surface area contributed by atoms with Crippen molar-refractivity contribution >= 4 is 5.91 Å². The molecule has 2 aliphatic carbocycles. The van der Waals surface area contributed by atoms with E-state index in [0.29, 0.717) is 11.9 Å². The van der Waals surface area contributed by atoms with Gasteiger partial charge in [-0.15, -0.1) is 0 Å². The lowest BCUT2D eigenvalue weighted by molar-refractivity contribution is -0.135. The van der Waals surface area contributed by atoms with Crippen molar-refractivity contribution < 1.29 is 4.79 Å². The number of hydrogen-bond acceptors (Lipinski definition) is 1. The first-order chi connectivity index (χ1) is 6.18. The van der Waals surface area contributed by atoms with Crippen molar-refractivity contribution in [3.63, 3.8) is 0 Å². The van der Waals surface area contributed by atoms with Crippen LogP contribution < -0.4 is 0 Å². The van der Waals surface area contributed by atoms with Crippen LogP contribution in [0.15, 0.2) is 0 Å². The van der Waals surface area contributed by atoms with Gasteiger partial charge in [-0.3, -0.25) is 4.79 Å². The molecule has 0 saturated heterocycles. The van der Waals surface area contributed by atoms with E-state index in [-0.39, 0.29) is 5.92 Å². The zero-order valence-corrected chi connectivity index (χ0v) is 8.62. The topological polar surface area (TPSA) is 20.3 Å². The molecule has 2 fully saturated rings. The summed E-state index contributed by atoms with van der Waals surface area (Å²) >= 11 is 0. The second-order valence-electron chi connectivity index (χ2n) is 4.82. The standard InChI is InChI=1S/C11H19NO/c1-8(2)11(13)12(10-5-6-10)7-9-3-4-9/h8-10H,3-7H2,1-2H3. The molecule has 0 bridgehead atoms. The van der Waals surface area contributed by atoms with Crippen molar-refractivity contribution in [1.82, 2.24) is 4.90 Å². The number of amides is 1. The van der Waals surface area contributed by atoms with E-state index >= 15 is 0 Å². The highest BCUT2D eigenvalue weighted by Crippen LogP contribution is 2.35. The minimum atomic E-state index is 0.180. The Morgan fingerprint density at radius 1 is 1.31 bits per heavy atom. The monoisotopic (exact) mass is 181 g/mol. The van der Waals surface area contributed by atoms with Crippen LogP contribution in [0.25, 0.3) is 0 Å². The average Bonchev–Trinajstić information content (AvgIpc) is 2.90. The Bertz CT molecular complexity index is 204. The molecular formula is C11H19NO. The molecule has 2 aliphatic rings. The molecule has 2 nitrogen and oxygen atoms in total. The van der Waals surface area contributed by atoms with Gasteiger partial charge < -0.3 is 4.90 Å². The van der Waals surface area contributed by atoms with Crippen LogP contribution in [-0.4, -0.2) is 23.4 Å². The molecule has 2 saturated carbocycles. The van der Waals surface area contributed by atoms with Gasteiger partial charge >= 0.3 is 0 Å². The van der Waals surface area contributed by atoms with Crippen LogP contribution in [0.4, 0.5) is 0 Å². The molecule has 74 valence electrons. The predicted octanol–water partition coefficient (Wildman–Crippen LogP) is 2.04. The molecule has 0 heterocycles. The number of hydrogen-bond donors (Lipinski definition) is 0. The molecule has 0 aliphatic heterocycles. The van der Waals surface area contributed by atoms with Crippen LogP contribution >= 0.6 is 0 Å². The fraction of sp³-hybridized carbons (Fsp3) is 0.909. The van der Waals surface area contributed by atoms with E-state index in [1.54, 1.807) is 0 Å². The number of nitrogens with zero attached hydrogens (tertiary/aromatic N) is 1. The molecule has 0 aromatic carbocycles. The van der Waals surface area contributed by atoms with Gasteiger partial charge in [0.2, 0.25) is 5.91 Å². The Kier molecular flexibility index (Phi) is 2.31. The second-order valence-corrected chi connectivity index (χ2v) is 4.82. The summed E-state index contributed by atoms with van der Waals surface area (Å²) in [6.45, 7) is 5.05. The van der Waals surface area contributed by atoms with Gasteiger partial charge in [0.05, 0.1) is 0 Å². The third-order valence-electron chi connectivity index (χ3n) is 2.92. The molecule has 2 rings (SSSR count). The molecule has 0 N–H and O–H groups in total.